The lowest BCUT2D eigenvalue weighted by Gasteiger charge is -2.31. The van der Waals surface area contributed by atoms with E-state index in [2.05, 4.69) is 4.89 Å². The van der Waals surface area contributed by atoms with Crippen molar-refractivity contribution in [3.05, 3.63) is 0 Å². The topological polar surface area (TPSA) is 78.9 Å². The Hall–Kier alpha value is -0.690. The molecule has 2 atom stereocenters. The molecule has 1 heterocycles. The number of nitrogens with zero attached hydrogens (tertiary/aromatic N) is 1. The highest BCUT2D eigenvalue weighted by Gasteiger charge is 2.52. The highest BCUT2D eigenvalue weighted by atomic mass is 17.1. The van der Waals surface area contributed by atoms with Crippen LogP contribution in [0.3, 0.4) is 0 Å². The van der Waals surface area contributed by atoms with Gasteiger partial charge in [0, 0.05) is 0 Å². The summed E-state index contributed by atoms with van der Waals surface area (Å²) in [7, 11) is 0. The van der Waals surface area contributed by atoms with Gasteiger partial charge < -0.3 is 4.74 Å². The van der Waals surface area contributed by atoms with E-state index in [-0.39, 0.29) is 0 Å². The molecule has 1 aliphatic heterocycles. The third kappa shape index (κ3) is 2.52. The average Bonchev–Trinajstić information content (AvgIpc) is 2.42. The van der Waals surface area contributed by atoms with Gasteiger partial charge in [-0.3, -0.25) is 5.26 Å². The third-order valence-electron chi connectivity index (χ3n) is 2.59. The van der Waals surface area contributed by atoms with Crippen LogP contribution in [0.5, 0.6) is 0 Å². The first kappa shape index (κ1) is 13.4. The zero-order valence-corrected chi connectivity index (χ0v) is 10.0. The van der Waals surface area contributed by atoms with Crippen LogP contribution in [0.15, 0.2) is 0 Å². The third-order valence-corrected chi connectivity index (χ3v) is 2.59. The first-order valence-electron chi connectivity index (χ1n) is 5.21. The molecule has 0 aromatic rings. The minimum atomic E-state index is -1.28. The second-order valence-corrected chi connectivity index (χ2v) is 5.20. The standard InChI is InChI=1S/C10H18NO5/c1-9(2,3)15-8(12)10(4)6-5-7(16-14)11(10)13/h7,14H,5-6H2,1-4H3. The van der Waals surface area contributed by atoms with Crippen molar-refractivity contribution in [1.29, 1.82) is 0 Å². The summed E-state index contributed by atoms with van der Waals surface area (Å²) in [6, 6.07) is 0. The van der Waals surface area contributed by atoms with E-state index in [9.17, 15) is 10.0 Å². The normalized spacial score (nSPS) is 31.8. The van der Waals surface area contributed by atoms with Crippen LogP contribution in [0.2, 0.25) is 0 Å². The molecule has 0 aromatic heterocycles. The van der Waals surface area contributed by atoms with Crippen molar-refractivity contribution in [2.24, 2.45) is 0 Å². The van der Waals surface area contributed by atoms with Gasteiger partial charge in [0.05, 0.1) is 0 Å². The summed E-state index contributed by atoms with van der Waals surface area (Å²) in [6.07, 6.45) is -0.385. The molecule has 0 aromatic carbocycles. The molecule has 6 nitrogen and oxygen atoms in total. The zero-order chi connectivity index (χ0) is 12.6. The largest absolute Gasteiger partial charge is 0.459 e. The van der Waals surface area contributed by atoms with E-state index in [4.69, 9.17) is 9.99 Å². The summed E-state index contributed by atoms with van der Waals surface area (Å²) in [5, 5.41) is 20.7. The van der Waals surface area contributed by atoms with E-state index < -0.39 is 23.3 Å². The van der Waals surface area contributed by atoms with Crippen molar-refractivity contribution in [1.82, 2.24) is 5.06 Å². The van der Waals surface area contributed by atoms with Gasteiger partial charge in [-0.25, -0.2) is 9.68 Å². The monoisotopic (exact) mass is 232 g/mol. The van der Waals surface area contributed by atoms with Crippen molar-refractivity contribution < 1.29 is 24.9 Å². The lowest BCUT2D eigenvalue weighted by atomic mass is 10.00. The highest BCUT2D eigenvalue weighted by Crippen LogP contribution is 2.34. The molecule has 0 saturated carbocycles. The predicted octanol–water partition coefficient (Wildman–Crippen LogP) is 1.34. The molecule has 0 amide bonds. The second-order valence-electron chi connectivity index (χ2n) is 5.20. The van der Waals surface area contributed by atoms with Gasteiger partial charge in [-0.1, -0.05) is 0 Å². The number of rotatable bonds is 2. The van der Waals surface area contributed by atoms with Crippen molar-refractivity contribution in [3.8, 4) is 0 Å². The summed E-state index contributed by atoms with van der Waals surface area (Å²) in [5.74, 6) is -0.588. The van der Waals surface area contributed by atoms with Gasteiger partial charge in [0.25, 0.3) is 0 Å². The number of carbonyl (C=O) groups is 1. The Morgan fingerprint density at radius 2 is 2.06 bits per heavy atom. The number of hydrogen-bond acceptors (Lipinski definition) is 5. The van der Waals surface area contributed by atoms with Gasteiger partial charge in [0.1, 0.15) is 11.1 Å². The molecule has 16 heavy (non-hydrogen) atoms. The molecular weight excluding hydrogens is 214 g/mol. The van der Waals surface area contributed by atoms with Crippen molar-refractivity contribution >= 4 is 5.97 Å². The molecule has 0 bridgehead atoms. The van der Waals surface area contributed by atoms with Gasteiger partial charge in [0.15, 0.2) is 6.23 Å². The minimum absolute atomic E-state index is 0.301. The van der Waals surface area contributed by atoms with Gasteiger partial charge >= 0.3 is 5.97 Å². The Morgan fingerprint density at radius 1 is 1.50 bits per heavy atom. The summed E-state index contributed by atoms with van der Waals surface area (Å²) in [5.41, 5.74) is -1.92. The molecule has 1 aliphatic rings. The molecule has 1 radical (unpaired) electrons. The fourth-order valence-corrected chi connectivity index (χ4v) is 1.63. The molecular formula is C10H18NO5. The lowest BCUT2D eigenvalue weighted by Crippen LogP contribution is -2.51. The maximum atomic E-state index is 11.9. The molecule has 1 rings (SSSR count). The minimum Gasteiger partial charge on any atom is -0.459 e. The summed E-state index contributed by atoms with van der Waals surface area (Å²) < 4.78 is 5.17. The number of carbonyl (C=O) groups excluding carboxylic acids is 1. The Balaban J connectivity index is 2.75. The average molecular weight is 232 g/mol. The summed E-state index contributed by atoms with van der Waals surface area (Å²) >= 11 is 0. The molecule has 1 N–H and O–H groups in total. The van der Waals surface area contributed by atoms with Crippen molar-refractivity contribution in [3.63, 3.8) is 0 Å². The molecule has 0 aliphatic carbocycles. The second kappa shape index (κ2) is 4.29. The van der Waals surface area contributed by atoms with E-state index in [1.165, 1.54) is 6.92 Å². The number of esters is 1. The van der Waals surface area contributed by atoms with E-state index in [0.29, 0.717) is 17.9 Å². The molecule has 6 heteroatoms. The van der Waals surface area contributed by atoms with Crippen molar-refractivity contribution in [2.75, 3.05) is 0 Å². The Morgan fingerprint density at radius 3 is 2.44 bits per heavy atom. The van der Waals surface area contributed by atoms with Gasteiger partial charge in [-0.2, -0.15) is 0 Å². The van der Waals surface area contributed by atoms with Gasteiger partial charge in [-0.15, -0.1) is 10.3 Å². The maximum Gasteiger partial charge on any atom is 0.329 e. The predicted molar refractivity (Wildman–Crippen MR) is 53.5 cm³/mol. The Labute approximate surface area is 94.6 Å². The first-order chi connectivity index (χ1) is 7.20. The Kier molecular flexibility index (Phi) is 3.59. The maximum absolute atomic E-state index is 11.9. The van der Waals surface area contributed by atoms with Crippen molar-refractivity contribution in [2.45, 2.75) is 57.9 Å². The smallest absolute Gasteiger partial charge is 0.329 e. The van der Waals surface area contributed by atoms with Crippen LogP contribution in [0, 0.1) is 0 Å². The van der Waals surface area contributed by atoms with Crippen LogP contribution < -0.4 is 0 Å². The van der Waals surface area contributed by atoms with Crippen LogP contribution in [-0.2, 0) is 19.6 Å². The van der Waals surface area contributed by atoms with Crippen LogP contribution >= 0.6 is 0 Å². The SMILES string of the molecule is CC(C)(C)OC(=O)C1(C)CCC(OO)N1[O]. The molecule has 2 unspecified atom stereocenters. The zero-order valence-electron chi connectivity index (χ0n) is 10.0. The molecule has 0 spiro atoms. The van der Waals surface area contributed by atoms with Crippen LogP contribution in [0.4, 0.5) is 0 Å². The number of ether oxygens (including phenoxy) is 1. The molecule has 1 saturated heterocycles. The molecule has 1 fully saturated rings. The fourth-order valence-electron chi connectivity index (χ4n) is 1.63. The number of hydroxylamine groups is 2. The Bertz CT molecular complexity index is 275. The summed E-state index contributed by atoms with van der Waals surface area (Å²) in [4.78, 5) is 15.9. The van der Waals surface area contributed by atoms with Crippen LogP contribution in [-0.4, -0.2) is 33.7 Å². The number of hydrogen-bond donors (Lipinski definition) is 1. The van der Waals surface area contributed by atoms with Crippen LogP contribution in [0.1, 0.15) is 40.5 Å². The highest BCUT2D eigenvalue weighted by molar-refractivity contribution is 5.80. The van der Waals surface area contributed by atoms with Crippen LogP contribution in [0.25, 0.3) is 0 Å². The quantitative estimate of drug-likeness (QED) is 0.441. The van der Waals surface area contributed by atoms with E-state index in [1.54, 1.807) is 20.8 Å². The van der Waals surface area contributed by atoms with E-state index in [0.717, 1.165) is 0 Å². The van der Waals surface area contributed by atoms with E-state index in [1.807, 2.05) is 0 Å². The summed E-state index contributed by atoms with van der Waals surface area (Å²) in [6.45, 7) is 6.70. The molecule has 93 valence electrons. The lowest BCUT2D eigenvalue weighted by molar-refractivity contribution is -0.375. The van der Waals surface area contributed by atoms with Gasteiger partial charge in [0.2, 0.25) is 0 Å². The van der Waals surface area contributed by atoms with E-state index >= 15 is 0 Å². The first-order valence-corrected chi connectivity index (χ1v) is 5.21. The fraction of sp³-hybridized carbons (Fsp3) is 0.900. The van der Waals surface area contributed by atoms with Gasteiger partial charge in [-0.05, 0) is 40.5 Å².